The SMILES string of the molecule is CNC1CC(OCC2CCCO2)C1OCCOC. The maximum atomic E-state index is 5.91. The van der Waals surface area contributed by atoms with E-state index >= 15 is 0 Å². The maximum Gasteiger partial charge on any atom is 0.0991 e. The van der Waals surface area contributed by atoms with Gasteiger partial charge in [-0.15, -0.1) is 0 Å². The molecule has 1 N–H and O–H groups in total. The molecule has 0 amide bonds. The van der Waals surface area contributed by atoms with Crippen molar-refractivity contribution in [3.63, 3.8) is 0 Å². The van der Waals surface area contributed by atoms with Crippen molar-refractivity contribution in [1.29, 1.82) is 0 Å². The van der Waals surface area contributed by atoms with Crippen LogP contribution in [0.4, 0.5) is 0 Å². The molecule has 1 saturated carbocycles. The lowest BCUT2D eigenvalue weighted by Crippen LogP contribution is -2.59. The minimum atomic E-state index is 0.145. The van der Waals surface area contributed by atoms with Gasteiger partial charge in [-0.05, 0) is 26.3 Å². The summed E-state index contributed by atoms with van der Waals surface area (Å²) in [6.45, 7) is 2.83. The summed E-state index contributed by atoms with van der Waals surface area (Å²) >= 11 is 0. The standard InChI is InChI=1S/C13H25NO4/c1-14-11-8-12(13(11)17-7-6-15-2)18-9-10-4-3-5-16-10/h10-14H,3-9H2,1-2H3. The Morgan fingerprint density at radius 1 is 1.28 bits per heavy atom. The molecule has 0 radical (unpaired) electrons. The molecule has 0 bridgehead atoms. The topological polar surface area (TPSA) is 49.0 Å². The van der Waals surface area contributed by atoms with E-state index in [0.717, 1.165) is 25.9 Å². The van der Waals surface area contributed by atoms with Crippen LogP contribution in [0.3, 0.4) is 0 Å². The second-order valence-corrected chi connectivity index (χ2v) is 4.97. The summed E-state index contributed by atoms with van der Waals surface area (Å²) < 4.78 is 22.3. The van der Waals surface area contributed by atoms with E-state index in [0.29, 0.717) is 32.0 Å². The normalized spacial score (nSPS) is 35.7. The van der Waals surface area contributed by atoms with E-state index in [1.807, 2.05) is 7.05 Å². The van der Waals surface area contributed by atoms with Crippen LogP contribution < -0.4 is 5.32 Å². The van der Waals surface area contributed by atoms with Crippen molar-refractivity contribution in [2.45, 2.75) is 43.6 Å². The lowest BCUT2D eigenvalue weighted by molar-refractivity contribution is -0.161. The minimum Gasteiger partial charge on any atom is -0.382 e. The molecule has 1 heterocycles. The number of hydrogen-bond acceptors (Lipinski definition) is 5. The number of rotatable bonds is 8. The van der Waals surface area contributed by atoms with Crippen LogP contribution in [0.15, 0.2) is 0 Å². The van der Waals surface area contributed by atoms with E-state index in [4.69, 9.17) is 18.9 Å². The average Bonchev–Trinajstić information content (AvgIpc) is 2.86. The molecule has 18 heavy (non-hydrogen) atoms. The molecule has 1 aliphatic carbocycles. The van der Waals surface area contributed by atoms with E-state index in [1.165, 1.54) is 0 Å². The first-order chi connectivity index (χ1) is 8.85. The van der Waals surface area contributed by atoms with Crippen molar-refractivity contribution in [3.8, 4) is 0 Å². The zero-order valence-electron chi connectivity index (χ0n) is 11.4. The second-order valence-electron chi connectivity index (χ2n) is 4.97. The zero-order valence-corrected chi connectivity index (χ0v) is 11.4. The lowest BCUT2D eigenvalue weighted by Gasteiger charge is -2.44. The first-order valence-electron chi connectivity index (χ1n) is 6.86. The van der Waals surface area contributed by atoms with E-state index in [9.17, 15) is 0 Å². The summed E-state index contributed by atoms with van der Waals surface area (Å²) in [5.41, 5.74) is 0. The van der Waals surface area contributed by atoms with Gasteiger partial charge in [0.2, 0.25) is 0 Å². The van der Waals surface area contributed by atoms with E-state index in [-0.39, 0.29) is 12.2 Å². The molecule has 4 atom stereocenters. The summed E-state index contributed by atoms with van der Waals surface area (Å²) in [6, 6.07) is 0.399. The van der Waals surface area contributed by atoms with E-state index in [1.54, 1.807) is 7.11 Å². The molecule has 1 aliphatic heterocycles. The fourth-order valence-electron chi connectivity index (χ4n) is 2.52. The monoisotopic (exact) mass is 259 g/mol. The molecule has 1 saturated heterocycles. The number of methoxy groups -OCH3 is 1. The highest BCUT2D eigenvalue weighted by Gasteiger charge is 2.42. The molecule has 0 spiro atoms. The summed E-state index contributed by atoms with van der Waals surface area (Å²) in [6.07, 6.45) is 3.93. The lowest BCUT2D eigenvalue weighted by atomic mass is 9.85. The van der Waals surface area contributed by atoms with Crippen molar-refractivity contribution >= 4 is 0 Å². The van der Waals surface area contributed by atoms with Gasteiger partial charge in [0.05, 0.1) is 38.1 Å². The molecule has 2 rings (SSSR count). The Morgan fingerprint density at radius 3 is 2.83 bits per heavy atom. The quantitative estimate of drug-likeness (QED) is 0.646. The van der Waals surface area contributed by atoms with Gasteiger partial charge in [0.1, 0.15) is 0 Å². The number of nitrogens with one attached hydrogen (secondary N) is 1. The fourth-order valence-corrected chi connectivity index (χ4v) is 2.52. The summed E-state index contributed by atoms with van der Waals surface area (Å²) in [5, 5.41) is 3.26. The highest BCUT2D eigenvalue weighted by Crippen LogP contribution is 2.28. The molecule has 106 valence electrons. The maximum absolute atomic E-state index is 5.91. The van der Waals surface area contributed by atoms with Crippen LogP contribution in [0.25, 0.3) is 0 Å². The van der Waals surface area contributed by atoms with Gasteiger partial charge in [-0.3, -0.25) is 0 Å². The Morgan fingerprint density at radius 2 is 2.17 bits per heavy atom. The molecule has 4 unspecified atom stereocenters. The molecule has 5 heteroatoms. The van der Waals surface area contributed by atoms with Gasteiger partial charge in [-0.25, -0.2) is 0 Å². The number of hydrogen-bond donors (Lipinski definition) is 1. The molecule has 2 aliphatic rings. The van der Waals surface area contributed by atoms with Gasteiger partial charge in [0, 0.05) is 19.8 Å². The van der Waals surface area contributed by atoms with Gasteiger partial charge in [-0.2, -0.15) is 0 Å². The second kappa shape index (κ2) is 7.40. The van der Waals surface area contributed by atoms with Crippen LogP contribution in [0.1, 0.15) is 19.3 Å². The van der Waals surface area contributed by atoms with E-state index in [2.05, 4.69) is 5.32 Å². The number of ether oxygens (including phenoxy) is 4. The van der Waals surface area contributed by atoms with Crippen molar-refractivity contribution < 1.29 is 18.9 Å². The Hall–Kier alpha value is -0.200. The molecule has 5 nitrogen and oxygen atoms in total. The molecular weight excluding hydrogens is 234 g/mol. The summed E-state index contributed by atoms with van der Waals surface area (Å²) in [5.74, 6) is 0. The van der Waals surface area contributed by atoms with Gasteiger partial charge < -0.3 is 24.3 Å². The van der Waals surface area contributed by atoms with Crippen molar-refractivity contribution in [3.05, 3.63) is 0 Å². The zero-order chi connectivity index (χ0) is 12.8. The van der Waals surface area contributed by atoms with Crippen LogP contribution in [-0.4, -0.2) is 64.9 Å². The Bertz CT molecular complexity index is 233. The fraction of sp³-hybridized carbons (Fsp3) is 1.00. The third kappa shape index (κ3) is 3.65. The Labute approximate surface area is 109 Å². The third-order valence-corrected chi connectivity index (χ3v) is 3.74. The first-order valence-corrected chi connectivity index (χ1v) is 6.86. The smallest absolute Gasteiger partial charge is 0.0991 e. The minimum absolute atomic E-state index is 0.145. The molecule has 0 aromatic heterocycles. The first kappa shape index (κ1) is 14.2. The Kier molecular flexibility index (Phi) is 5.85. The van der Waals surface area contributed by atoms with E-state index < -0.39 is 0 Å². The molecule has 0 aromatic carbocycles. The molecule has 0 aromatic rings. The molecule has 2 fully saturated rings. The predicted octanol–water partition coefficient (Wildman–Crippen LogP) is 0.574. The predicted molar refractivity (Wildman–Crippen MR) is 67.8 cm³/mol. The van der Waals surface area contributed by atoms with Crippen molar-refractivity contribution in [2.75, 3.05) is 40.6 Å². The Balaban J connectivity index is 1.66. The highest BCUT2D eigenvalue weighted by atomic mass is 16.6. The van der Waals surface area contributed by atoms with Gasteiger partial charge >= 0.3 is 0 Å². The van der Waals surface area contributed by atoms with Crippen LogP contribution in [0, 0.1) is 0 Å². The van der Waals surface area contributed by atoms with Crippen molar-refractivity contribution in [2.24, 2.45) is 0 Å². The van der Waals surface area contributed by atoms with Gasteiger partial charge in [-0.1, -0.05) is 0 Å². The molecular formula is C13H25NO4. The summed E-state index contributed by atoms with van der Waals surface area (Å²) in [7, 11) is 3.65. The van der Waals surface area contributed by atoms with Gasteiger partial charge in [0.15, 0.2) is 0 Å². The average molecular weight is 259 g/mol. The van der Waals surface area contributed by atoms with Crippen LogP contribution in [0.5, 0.6) is 0 Å². The highest BCUT2D eigenvalue weighted by molar-refractivity contribution is 4.96. The third-order valence-electron chi connectivity index (χ3n) is 3.74. The van der Waals surface area contributed by atoms with Crippen LogP contribution in [-0.2, 0) is 18.9 Å². The van der Waals surface area contributed by atoms with Crippen LogP contribution >= 0.6 is 0 Å². The summed E-state index contributed by atoms with van der Waals surface area (Å²) in [4.78, 5) is 0. The van der Waals surface area contributed by atoms with Gasteiger partial charge in [0.25, 0.3) is 0 Å². The largest absolute Gasteiger partial charge is 0.382 e. The van der Waals surface area contributed by atoms with Crippen molar-refractivity contribution in [1.82, 2.24) is 5.32 Å². The number of likely N-dealkylation sites (N-methyl/N-ethyl adjacent to an activating group) is 1. The van der Waals surface area contributed by atoms with Crippen LogP contribution in [0.2, 0.25) is 0 Å².